The molecule has 0 spiro atoms. The molecule has 0 bridgehead atoms. The molecular weight excluding hydrogens is 310 g/mol. The van der Waals surface area contributed by atoms with Gasteiger partial charge in [0, 0.05) is 6.04 Å². The van der Waals surface area contributed by atoms with E-state index in [4.69, 9.17) is 24.5 Å². The summed E-state index contributed by atoms with van der Waals surface area (Å²) < 4.78 is 5.71. The lowest BCUT2D eigenvalue weighted by Gasteiger charge is -2.11. The zero-order chi connectivity index (χ0) is 17.8. The molecule has 1 saturated carbocycles. The van der Waals surface area contributed by atoms with E-state index in [-0.39, 0.29) is 0 Å². The molecule has 1 aliphatic rings. The van der Waals surface area contributed by atoms with Crippen molar-refractivity contribution in [3.8, 4) is 5.75 Å². The SMILES string of the molecule is Cc1ccc(OCCCCNC2CCCC2)cc1.O=C(O)C(=O)O. The van der Waals surface area contributed by atoms with Crippen LogP contribution in [0.15, 0.2) is 24.3 Å². The lowest BCUT2D eigenvalue weighted by molar-refractivity contribution is -0.159. The Morgan fingerprint density at radius 2 is 1.67 bits per heavy atom. The minimum atomic E-state index is -1.82. The Kier molecular flexibility index (Phi) is 9.53. The van der Waals surface area contributed by atoms with Crippen LogP contribution in [0.25, 0.3) is 0 Å². The predicted octanol–water partition coefficient (Wildman–Crippen LogP) is 2.84. The van der Waals surface area contributed by atoms with Crippen molar-refractivity contribution in [3.63, 3.8) is 0 Å². The van der Waals surface area contributed by atoms with E-state index in [1.54, 1.807) is 0 Å². The van der Waals surface area contributed by atoms with E-state index in [1.165, 1.54) is 37.7 Å². The normalized spacial score (nSPS) is 13.9. The maximum atomic E-state index is 9.10. The van der Waals surface area contributed by atoms with Crippen LogP contribution < -0.4 is 10.1 Å². The summed E-state index contributed by atoms with van der Waals surface area (Å²) in [7, 11) is 0. The fourth-order valence-electron chi connectivity index (χ4n) is 2.49. The minimum absolute atomic E-state index is 0.794. The van der Waals surface area contributed by atoms with Gasteiger partial charge in [0.1, 0.15) is 5.75 Å². The molecule has 3 N–H and O–H groups in total. The first-order valence-electron chi connectivity index (χ1n) is 8.38. The van der Waals surface area contributed by atoms with Gasteiger partial charge in [0.2, 0.25) is 0 Å². The third kappa shape index (κ3) is 9.15. The number of carboxylic acids is 2. The first-order chi connectivity index (χ1) is 11.5. The maximum absolute atomic E-state index is 9.10. The lowest BCUT2D eigenvalue weighted by Crippen LogP contribution is -2.27. The molecule has 1 aromatic carbocycles. The fourth-order valence-corrected chi connectivity index (χ4v) is 2.49. The summed E-state index contributed by atoms with van der Waals surface area (Å²) in [4.78, 5) is 18.2. The highest BCUT2D eigenvalue weighted by Gasteiger charge is 2.12. The molecule has 0 aliphatic heterocycles. The molecule has 0 unspecified atom stereocenters. The van der Waals surface area contributed by atoms with E-state index < -0.39 is 11.9 Å². The highest BCUT2D eigenvalue weighted by molar-refractivity contribution is 6.27. The van der Waals surface area contributed by atoms with E-state index in [0.717, 1.165) is 31.4 Å². The second kappa shape index (κ2) is 11.5. The van der Waals surface area contributed by atoms with Gasteiger partial charge in [-0.25, -0.2) is 9.59 Å². The Morgan fingerprint density at radius 3 is 2.21 bits per heavy atom. The predicted molar refractivity (Wildman–Crippen MR) is 91.4 cm³/mol. The van der Waals surface area contributed by atoms with E-state index in [0.29, 0.717) is 0 Å². The van der Waals surface area contributed by atoms with E-state index in [2.05, 4.69) is 24.4 Å². The van der Waals surface area contributed by atoms with Crippen LogP contribution in [0.1, 0.15) is 44.1 Å². The smallest absolute Gasteiger partial charge is 0.414 e. The Hall–Kier alpha value is -2.08. The van der Waals surface area contributed by atoms with Crippen LogP contribution >= 0.6 is 0 Å². The number of aryl methyl sites for hydroxylation is 1. The van der Waals surface area contributed by atoms with Crippen molar-refractivity contribution < 1.29 is 24.5 Å². The summed E-state index contributed by atoms with van der Waals surface area (Å²) in [5.74, 6) is -2.66. The van der Waals surface area contributed by atoms with Crippen LogP contribution in [-0.2, 0) is 9.59 Å². The molecule has 24 heavy (non-hydrogen) atoms. The first-order valence-corrected chi connectivity index (χ1v) is 8.38. The van der Waals surface area contributed by atoms with Gasteiger partial charge in [-0.2, -0.15) is 0 Å². The highest BCUT2D eigenvalue weighted by atomic mass is 16.5. The fraction of sp³-hybridized carbons (Fsp3) is 0.556. The van der Waals surface area contributed by atoms with Crippen LogP contribution in [0.4, 0.5) is 0 Å². The van der Waals surface area contributed by atoms with Crippen molar-refractivity contribution >= 4 is 11.9 Å². The second-order valence-electron chi connectivity index (χ2n) is 5.91. The number of hydrogen-bond acceptors (Lipinski definition) is 4. The molecule has 1 aromatic rings. The van der Waals surface area contributed by atoms with E-state index in [1.807, 2.05) is 12.1 Å². The Bertz CT molecular complexity index is 483. The summed E-state index contributed by atoms with van der Waals surface area (Å²) in [6, 6.07) is 9.08. The zero-order valence-corrected chi connectivity index (χ0v) is 14.2. The number of carboxylic acid groups (broad SMARTS) is 2. The molecule has 6 heteroatoms. The average Bonchev–Trinajstić information content (AvgIpc) is 3.06. The number of aliphatic carboxylic acids is 2. The highest BCUT2D eigenvalue weighted by Crippen LogP contribution is 2.17. The topological polar surface area (TPSA) is 95.9 Å². The number of nitrogens with one attached hydrogen (secondary N) is 1. The molecule has 0 heterocycles. The zero-order valence-electron chi connectivity index (χ0n) is 14.2. The van der Waals surface area contributed by atoms with Crippen molar-refractivity contribution in [2.24, 2.45) is 0 Å². The van der Waals surface area contributed by atoms with Gasteiger partial charge in [0.05, 0.1) is 6.61 Å². The van der Waals surface area contributed by atoms with Gasteiger partial charge in [-0.15, -0.1) is 0 Å². The van der Waals surface area contributed by atoms with Gasteiger partial charge in [-0.1, -0.05) is 30.5 Å². The van der Waals surface area contributed by atoms with Gasteiger partial charge in [-0.05, 0) is 51.3 Å². The van der Waals surface area contributed by atoms with Gasteiger partial charge >= 0.3 is 11.9 Å². The van der Waals surface area contributed by atoms with Gasteiger partial charge in [0.25, 0.3) is 0 Å². The summed E-state index contributed by atoms with van der Waals surface area (Å²) >= 11 is 0. The van der Waals surface area contributed by atoms with E-state index in [9.17, 15) is 0 Å². The molecular formula is C18H27NO5. The van der Waals surface area contributed by atoms with Crippen molar-refractivity contribution in [1.29, 1.82) is 0 Å². The summed E-state index contributed by atoms with van der Waals surface area (Å²) in [6.07, 6.45) is 7.91. The number of ether oxygens (including phenoxy) is 1. The van der Waals surface area contributed by atoms with Gasteiger partial charge in [-0.3, -0.25) is 0 Å². The Labute approximate surface area is 142 Å². The molecule has 6 nitrogen and oxygen atoms in total. The largest absolute Gasteiger partial charge is 0.494 e. The molecule has 1 fully saturated rings. The van der Waals surface area contributed by atoms with Crippen LogP contribution in [-0.4, -0.2) is 41.3 Å². The Balaban J connectivity index is 0.000000413. The molecule has 0 aromatic heterocycles. The summed E-state index contributed by atoms with van der Waals surface area (Å²) in [6.45, 7) is 4.07. The molecule has 0 radical (unpaired) electrons. The van der Waals surface area contributed by atoms with Crippen LogP contribution in [0.2, 0.25) is 0 Å². The third-order valence-corrected chi connectivity index (χ3v) is 3.83. The molecule has 1 aliphatic carbocycles. The molecule has 0 amide bonds. The number of carbonyl (C=O) groups is 2. The van der Waals surface area contributed by atoms with Gasteiger partial charge < -0.3 is 20.3 Å². The van der Waals surface area contributed by atoms with Crippen molar-refractivity contribution in [1.82, 2.24) is 5.32 Å². The standard InChI is InChI=1S/C16H25NO.C2H2O4/c1-14-8-10-16(11-9-14)18-13-5-4-12-17-15-6-2-3-7-15;3-1(4)2(5)6/h8-11,15,17H,2-7,12-13H2,1H3;(H,3,4)(H,5,6). The first kappa shape index (κ1) is 20.0. The Morgan fingerprint density at radius 1 is 1.08 bits per heavy atom. The average molecular weight is 337 g/mol. The lowest BCUT2D eigenvalue weighted by atomic mass is 10.2. The van der Waals surface area contributed by atoms with Crippen molar-refractivity contribution in [2.75, 3.05) is 13.2 Å². The van der Waals surface area contributed by atoms with Crippen LogP contribution in [0, 0.1) is 6.92 Å². The quantitative estimate of drug-likeness (QED) is 0.523. The molecule has 0 saturated heterocycles. The molecule has 2 rings (SSSR count). The number of unbranched alkanes of at least 4 members (excludes halogenated alkanes) is 1. The van der Waals surface area contributed by atoms with Crippen LogP contribution in [0.3, 0.4) is 0 Å². The van der Waals surface area contributed by atoms with Crippen LogP contribution in [0.5, 0.6) is 5.75 Å². The van der Waals surface area contributed by atoms with E-state index >= 15 is 0 Å². The second-order valence-corrected chi connectivity index (χ2v) is 5.91. The summed E-state index contributed by atoms with van der Waals surface area (Å²) in [5.41, 5.74) is 1.28. The van der Waals surface area contributed by atoms with Crippen molar-refractivity contribution in [2.45, 2.75) is 51.5 Å². The number of benzene rings is 1. The minimum Gasteiger partial charge on any atom is -0.494 e. The molecule has 134 valence electrons. The monoisotopic (exact) mass is 337 g/mol. The number of rotatable bonds is 7. The summed E-state index contributed by atoms with van der Waals surface area (Å²) in [5, 5.41) is 18.4. The molecule has 0 atom stereocenters. The van der Waals surface area contributed by atoms with Gasteiger partial charge in [0.15, 0.2) is 0 Å². The number of hydrogen-bond donors (Lipinski definition) is 3. The third-order valence-electron chi connectivity index (χ3n) is 3.83. The van der Waals surface area contributed by atoms with Crippen molar-refractivity contribution in [3.05, 3.63) is 29.8 Å². The maximum Gasteiger partial charge on any atom is 0.414 e.